The molecule has 2 aliphatic rings. The Bertz CT molecular complexity index is 942. The third-order valence-corrected chi connectivity index (χ3v) is 5.30. The molecule has 3 rings (SSSR count). The molecule has 6 nitrogen and oxygen atoms in total. The molecule has 1 aromatic rings. The second-order valence-electron chi connectivity index (χ2n) is 8.12. The van der Waals surface area contributed by atoms with Crippen LogP contribution in [0.4, 0.5) is 5.69 Å². The average Bonchev–Trinajstić information content (AvgIpc) is 2.64. The van der Waals surface area contributed by atoms with Gasteiger partial charge in [0.2, 0.25) is 5.88 Å². The molecule has 1 aromatic carbocycles. The minimum Gasteiger partial charge on any atom is -0.444 e. The predicted molar refractivity (Wildman–Crippen MR) is 106 cm³/mol. The molecule has 0 bridgehead atoms. The molecule has 1 aliphatic heterocycles. The lowest BCUT2D eigenvalue weighted by Gasteiger charge is -2.37. The van der Waals surface area contributed by atoms with Crippen LogP contribution < -0.4 is 10.6 Å². The van der Waals surface area contributed by atoms with Crippen LogP contribution in [0.3, 0.4) is 0 Å². The quantitative estimate of drug-likeness (QED) is 0.863. The molecule has 1 aliphatic carbocycles. The second-order valence-corrected chi connectivity index (χ2v) is 8.12. The zero-order chi connectivity index (χ0) is 20.5. The van der Waals surface area contributed by atoms with E-state index in [4.69, 9.17) is 15.7 Å². The van der Waals surface area contributed by atoms with Crippen molar-refractivity contribution < 1.29 is 9.53 Å². The highest BCUT2D eigenvalue weighted by Gasteiger charge is 2.42. The fraction of sp³-hybridized carbons (Fsp3) is 0.409. The van der Waals surface area contributed by atoms with Gasteiger partial charge in [-0.15, -0.1) is 0 Å². The highest BCUT2D eigenvalue weighted by Crippen LogP contribution is 2.47. The molecule has 28 heavy (non-hydrogen) atoms. The topological polar surface area (TPSA) is 103 Å². The number of rotatable bonds is 4. The number of anilines is 1. The molecule has 2 N–H and O–H groups in total. The van der Waals surface area contributed by atoms with Crippen LogP contribution in [0.5, 0.6) is 0 Å². The fourth-order valence-corrected chi connectivity index (χ4v) is 3.89. The van der Waals surface area contributed by atoms with Crippen molar-refractivity contribution in [3.8, 4) is 12.1 Å². The van der Waals surface area contributed by atoms with Gasteiger partial charge in [0.25, 0.3) is 0 Å². The summed E-state index contributed by atoms with van der Waals surface area (Å²) in [6.45, 7) is 4.68. The van der Waals surface area contributed by atoms with Crippen molar-refractivity contribution in [1.29, 1.82) is 10.5 Å². The predicted octanol–water partition coefficient (Wildman–Crippen LogP) is 3.49. The lowest BCUT2D eigenvalue weighted by atomic mass is 9.70. The van der Waals surface area contributed by atoms with E-state index < -0.39 is 5.92 Å². The third-order valence-electron chi connectivity index (χ3n) is 5.30. The summed E-state index contributed by atoms with van der Waals surface area (Å²) < 4.78 is 5.71. The van der Waals surface area contributed by atoms with Crippen molar-refractivity contribution in [1.82, 2.24) is 0 Å². The number of hydrogen-bond donors (Lipinski definition) is 1. The molecule has 0 aromatic heterocycles. The number of Topliss-reactive ketones (excluding diaryl/α,β-unsaturated/α-hetero) is 1. The van der Waals surface area contributed by atoms with E-state index in [0.717, 1.165) is 11.3 Å². The first-order valence-electron chi connectivity index (χ1n) is 9.29. The number of hydrogen-bond acceptors (Lipinski definition) is 6. The van der Waals surface area contributed by atoms with Gasteiger partial charge in [-0.2, -0.15) is 10.5 Å². The first kappa shape index (κ1) is 19.5. The zero-order valence-electron chi connectivity index (χ0n) is 16.5. The number of nitrogens with zero attached hydrogens (tertiary/aromatic N) is 3. The molecule has 0 spiro atoms. The van der Waals surface area contributed by atoms with Crippen LogP contribution >= 0.6 is 0 Å². The van der Waals surface area contributed by atoms with Crippen LogP contribution in [-0.4, -0.2) is 19.4 Å². The summed E-state index contributed by atoms with van der Waals surface area (Å²) in [4.78, 5) is 14.9. The number of carbonyl (C=O) groups excluding carboxylic acids is 1. The summed E-state index contributed by atoms with van der Waals surface area (Å²) in [7, 11) is 1.92. The van der Waals surface area contributed by atoms with Crippen molar-refractivity contribution in [2.24, 2.45) is 11.1 Å². The van der Waals surface area contributed by atoms with Gasteiger partial charge >= 0.3 is 0 Å². The number of ketones is 1. The molecule has 1 atom stereocenters. The van der Waals surface area contributed by atoms with Crippen LogP contribution in [0.2, 0.25) is 0 Å². The standard InChI is InChI=1S/C22H24N4O2/c1-22(2)11-17(27)20-18(12-22)28-21(25)16(13-24)19(20)14-5-7-15(8-6-14)26(3)10-4-9-23/h5-8,19H,4,10-12,25H2,1-3H3. The van der Waals surface area contributed by atoms with Gasteiger partial charge in [-0.25, -0.2) is 0 Å². The summed E-state index contributed by atoms with van der Waals surface area (Å²) in [6, 6.07) is 12.0. The summed E-state index contributed by atoms with van der Waals surface area (Å²) in [5.41, 5.74) is 8.47. The van der Waals surface area contributed by atoms with Gasteiger partial charge in [-0.05, 0) is 23.1 Å². The normalized spacial score (nSPS) is 20.8. The van der Waals surface area contributed by atoms with Gasteiger partial charge in [-0.3, -0.25) is 4.79 Å². The molecule has 6 heteroatoms. The Kier molecular flexibility index (Phi) is 5.16. The number of nitriles is 2. The van der Waals surface area contributed by atoms with E-state index in [-0.39, 0.29) is 22.7 Å². The fourth-order valence-electron chi connectivity index (χ4n) is 3.89. The summed E-state index contributed by atoms with van der Waals surface area (Å²) in [5.74, 6) is 0.160. The first-order chi connectivity index (χ1) is 13.3. The van der Waals surface area contributed by atoms with Crippen LogP contribution in [0.1, 0.15) is 44.6 Å². The van der Waals surface area contributed by atoms with Crippen LogP contribution in [0, 0.1) is 28.1 Å². The van der Waals surface area contributed by atoms with Gasteiger partial charge in [0, 0.05) is 37.7 Å². The van der Waals surface area contributed by atoms with Crippen LogP contribution in [0.15, 0.2) is 47.1 Å². The Morgan fingerprint density at radius 2 is 1.93 bits per heavy atom. The molecule has 0 saturated carbocycles. The van der Waals surface area contributed by atoms with Gasteiger partial charge in [0.15, 0.2) is 5.78 Å². The van der Waals surface area contributed by atoms with Crippen molar-refractivity contribution >= 4 is 11.5 Å². The lowest BCUT2D eigenvalue weighted by molar-refractivity contribution is -0.119. The average molecular weight is 376 g/mol. The maximum atomic E-state index is 12.9. The first-order valence-corrected chi connectivity index (χ1v) is 9.29. The minimum absolute atomic E-state index is 0.00622. The van der Waals surface area contributed by atoms with E-state index in [1.54, 1.807) is 0 Å². The monoisotopic (exact) mass is 376 g/mol. The highest BCUT2D eigenvalue weighted by atomic mass is 16.5. The van der Waals surface area contributed by atoms with E-state index >= 15 is 0 Å². The highest BCUT2D eigenvalue weighted by molar-refractivity contribution is 6.00. The number of nitrogens with two attached hydrogens (primary N) is 1. The van der Waals surface area contributed by atoms with E-state index in [1.807, 2.05) is 50.1 Å². The molecule has 0 saturated heterocycles. The molecule has 0 amide bonds. The molecule has 144 valence electrons. The maximum absolute atomic E-state index is 12.9. The second kappa shape index (κ2) is 7.40. The van der Waals surface area contributed by atoms with Crippen molar-refractivity contribution in [2.45, 2.75) is 39.0 Å². The third kappa shape index (κ3) is 3.59. The number of ether oxygens (including phenoxy) is 1. The summed E-state index contributed by atoms with van der Waals surface area (Å²) in [5, 5.41) is 18.4. The van der Waals surface area contributed by atoms with E-state index in [2.05, 4.69) is 12.1 Å². The van der Waals surface area contributed by atoms with E-state index in [9.17, 15) is 10.1 Å². The van der Waals surface area contributed by atoms with Crippen molar-refractivity contribution in [2.75, 3.05) is 18.5 Å². The molecular weight excluding hydrogens is 352 g/mol. The Hall–Kier alpha value is -3.25. The number of carbonyl (C=O) groups is 1. The summed E-state index contributed by atoms with van der Waals surface area (Å²) >= 11 is 0. The number of benzene rings is 1. The molecule has 0 fully saturated rings. The van der Waals surface area contributed by atoms with Crippen molar-refractivity contribution in [3.63, 3.8) is 0 Å². The van der Waals surface area contributed by atoms with Gasteiger partial charge in [0.05, 0.1) is 18.4 Å². The smallest absolute Gasteiger partial charge is 0.205 e. The van der Waals surface area contributed by atoms with Gasteiger partial charge < -0.3 is 15.4 Å². The number of allylic oxidation sites excluding steroid dienone is 3. The maximum Gasteiger partial charge on any atom is 0.205 e. The minimum atomic E-state index is -0.504. The van der Waals surface area contributed by atoms with Gasteiger partial charge in [-0.1, -0.05) is 26.0 Å². The lowest BCUT2D eigenvalue weighted by Crippen LogP contribution is -2.33. The Balaban J connectivity index is 2.01. The van der Waals surface area contributed by atoms with Crippen molar-refractivity contribution in [3.05, 3.63) is 52.6 Å². The molecule has 1 unspecified atom stereocenters. The largest absolute Gasteiger partial charge is 0.444 e. The zero-order valence-corrected chi connectivity index (χ0v) is 16.5. The summed E-state index contributed by atoms with van der Waals surface area (Å²) in [6.07, 6.45) is 1.47. The van der Waals surface area contributed by atoms with E-state index in [1.165, 1.54) is 0 Å². The van der Waals surface area contributed by atoms with Gasteiger partial charge in [0.1, 0.15) is 17.4 Å². The Morgan fingerprint density at radius 1 is 1.25 bits per heavy atom. The van der Waals surface area contributed by atoms with E-state index in [0.29, 0.717) is 37.1 Å². The molecular formula is C22H24N4O2. The Labute approximate surface area is 165 Å². The van der Waals surface area contributed by atoms with Crippen LogP contribution in [0.25, 0.3) is 0 Å². The SMILES string of the molecule is CN(CCC#N)c1ccc(C2C(C#N)=C(N)OC3=C2C(=O)CC(C)(C)C3)cc1. The molecule has 1 heterocycles. The van der Waals surface area contributed by atoms with Crippen LogP contribution in [-0.2, 0) is 9.53 Å². The molecule has 0 radical (unpaired) electrons. The Morgan fingerprint density at radius 3 is 2.54 bits per heavy atom.